The predicted octanol–water partition coefficient (Wildman–Crippen LogP) is 3.20. The molecule has 0 heterocycles. The highest BCUT2D eigenvalue weighted by Crippen LogP contribution is 2.24. The average Bonchev–Trinajstić information content (AvgIpc) is 2.45. The molecule has 110 valence electrons. The van der Waals surface area contributed by atoms with E-state index >= 15 is 0 Å². The molecule has 0 unspecified atom stereocenters. The first kappa shape index (κ1) is 15.2. The number of amides is 1. The van der Waals surface area contributed by atoms with Crippen LogP contribution in [0, 0.1) is 0 Å². The fourth-order valence-electron chi connectivity index (χ4n) is 1.84. The van der Waals surface area contributed by atoms with Crippen molar-refractivity contribution in [1.82, 2.24) is 4.90 Å². The minimum atomic E-state index is -0.0948. The lowest BCUT2D eigenvalue weighted by Crippen LogP contribution is -2.21. The Morgan fingerprint density at radius 2 is 2.00 bits per heavy atom. The molecule has 2 aromatic carbocycles. The van der Waals surface area contributed by atoms with Crippen molar-refractivity contribution in [2.24, 2.45) is 0 Å². The van der Waals surface area contributed by atoms with Crippen LogP contribution in [0.3, 0.4) is 0 Å². The maximum atomic E-state index is 11.9. The maximum absolute atomic E-state index is 11.9. The Labute approximate surface area is 129 Å². The van der Waals surface area contributed by atoms with Gasteiger partial charge in [-0.25, -0.2) is 0 Å². The summed E-state index contributed by atoms with van der Waals surface area (Å²) in [4.78, 5) is 13.4. The van der Waals surface area contributed by atoms with Crippen LogP contribution in [-0.2, 0) is 6.61 Å². The summed E-state index contributed by atoms with van der Waals surface area (Å²) in [6, 6.07) is 12.4. The van der Waals surface area contributed by atoms with Gasteiger partial charge in [0.15, 0.2) is 0 Å². The number of nitrogens with two attached hydrogens (primary N) is 1. The summed E-state index contributed by atoms with van der Waals surface area (Å²) in [5.74, 6) is 0.394. The summed E-state index contributed by atoms with van der Waals surface area (Å²) >= 11 is 5.93. The summed E-state index contributed by atoms with van der Waals surface area (Å²) in [6.07, 6.45) is 0. The van der Waals surface area contributed by atoms with Gasteiger partial charge in [0.25, 0.3) is 5.91 Å². The highest BCUT2D eigenvalue weighted by Gasteiger charge is 2.11. The zero-order valence-corrected chi connectivity index (χ0v) is 12.7. The zero-order chi connectivity index (χ0) is 15.4. The van der Waals surface area contributed by atoms with E-state index in [0.717, 1.165) is 5.56 Å². The van der Waals surface area contributed by atoms with Crippen molar-refractivity contribution < 1.29 is 9.53 Å². The minimum Gasteiger partial charge on any atom is -0.487 e. The Hall–Kier alpha value is -2.20. The van der Waals surface area contributed by atoms with Crippen LogP contribution in [0.1, 0.15) is 15.9 Å². The average molecular weight is 305 g/mol. The molecule has 2 rings (SSSR count). The van der Waals surface area contributed by atoms with Crippen LogP contribution >= 0.6 is 11.6 Å². The SMILES string of the molecule is CN(C)C(=O)c1ccc(N)c(OCc2cccc(Cl)c2)c1. The summed E-state index contributed by atoms with van der Waals surface area (Å²) in [5, 5.41) is 0.653. The van der Waals surface area contributed by atoms with Crippen molar-refractivity contribution in [2.75, 3.05) is 19.8 Å². The number of benzene rings is 2. The standard InChI is InChI=1S/C16H17ClN2O2/c1-19(2)16(20)12-6-7-14(18)15(9-12)21-10-11-4-3-5-13(17)8-11/h3-9H,10,18H2,1-2H3. The molecule has 0 aliphatic carbocycles. The molecule has 0 saturated carbocycles. The summed E-state index contributed by atoms with van der Waals surface area (Å²) < 4.78 is 5.69. The Bertz CT molecular complexity index is 656. The maximum Gasteiger partial charge on any atom is 0.253 e. The molecular formula is C16H17ClN2O2. The molecule has 0 atom stereocenters. The largest absolute Gasteiger partial charge is 0.487 e. The van der Waals surface area contributed by atoms with Gasteiger partial charge in [-0.1, -0.05) is 23.7 Å². The Morgan fingerprint density at radius 1 is 1.24 bits per heavy atom. The second-order valence-electron chi connectivity index (χ2n) is 4.87. The van der Waals surface area contributed by atoms with E-state index < -0.39 is 0 Å². The molecule has 21 heavy (non-hydrogen) atoms. The van der Waals surface area contributed by atoms with Gasteiger partial charge in [-0.3, -0.25) is 4.79 Å². The number of halogens is 1. The van der Waals surface area contributed by atoms with Crippen molar-refractivity contribution in [1.29, 1.82) is 0 Å². The van der Waals surface area contributed by atoms with E-state index in [-0.39, 0.29) is 5.91 Å². The molecule has 0 bridgehead atoms. The lowest BCUT2D eigenvalue weighted by atomic mass is 10.1. The number of rotatable bonds is 4. The number of carbonyl (C=O) groups is 1. The van der Waals surface area contributed by atoms with E-state index in [1.807, 2.05) is 18.2 Å². The molecule has 0 aliphatic heterocycles. The number of anilines is 1. The summed E-state index contributed by atoms with van der Waals surface area (Å²) in [7, 11) is 3.40. The normalized spacial score (nSPS) is 10.2. The van der Waals surface area contributed by atoms with Crippen LogP contribution in [0.15, 0.2) is 42.5 Å². The van der Waals surface area contributed by atoms with Crippen molar-refractivity contribution in [3.8, 4) is 5.75 Å². The number of hydrogen-bond acceptors (Lipinski definition) is 3. The second-order valence-corrected chi connectivity index (χ2v) is 5.31. The van der Waals surface area contributed by atoms with E-state index in [1.54, 1.807) is 38.4 Å². The second kappa shape index (κ2) is 6.50. The Balaban J connectivity index is 2.16. The zero-order valence-electron chi connectivity index (χ0n) is 12.0. The summed E-state index contributed by atoms with van der Waals surface area (Å²) in [6.45, 7) is 0.338. The fraction of sp³-hybridized carbons (Fsp3) is 0.188. The third-order valence-electron chi connectivity index (χ3n) is 2.95. The van der Waals surface area contributed by atoms with Gasteiger partial charge >= 0.3 is 0 Å². The number of nitrogen functional groups attached to an aromatic ring is 1. The third-order valence-corrected chi connectivity index (χ3v) is 3.19. The molecule has 2 N–H and O–H groups in total. The minimum absolute atomic E-state index is 0.0948. The first-order chi connectivity index (χ1) is 9.97. The highest BCUT2D eigenvalue weighted by atomic mass is 35.5. The molecule has 0 radical (unpaired) electrons. The fourth-order valence-corrected chi connectivity index (χ4v) is 2.05. The summed E-state index contributed by atoms with van der Waals surface area (Å²) in [5.41, 5.74) is 7.85. The van der Waals surface area contributed by atoms with E-state index in [0.29, 0.717) is 28.6 Å². The van der Waals surface area contributed by atoms with Crippen LogP contribution < -0.4 is 10.5 Å². The number of carbonyl (C=O) groups excluding carboxylic acids is 1. The molecular weight excluding hydrogens is 288 g/mol. The smallest absolute Gasteiger partial charge is 0.253 e. The molecule has 0 spiro atoms. The van der Waals surface area contributed by atoms with Gasteiger partial charge in [-0.2, -0.15) is 0 Å². The van der Waals surface area contributed by atoms with Crippen LogP contribution in [0.2, 0.25) is 5.02 Å². The first-order valence-corrected chi connectivity index (χ1v) is 6.83. The van der Waals surface area contributed by atoms with Crippen molar-refractivity contribution in [3.05, 3.63) is 58.6 Å². The van der Waals surface area contributed by atoms with Crippen molar-refractivity contribution in [2.45, 2.75) is 6.61 Å². The molecule has 2 aromatic rings. The van der Waals surface area contributed by atoms with Gasteiger partial charge in [0, 0.05) is 24.7 Å². The van der Waals surface area contributed by atoms with Crippen LogP contribution in [0.25, 0.3) is 0 Å². The van der Waals surface area contributed by atoms with Crippen LogP contribution in [0.5, 0.6) is 5.75 Å². The molecule has 0 fully saturated rings. The van der Waals surface area contributed by atoms with Crippen molar-refractivity contribution >= 4 is 23.2 Å². The number of ether oxygens (including phenoxy) is 1. The Kier molecular flexibility index (Phi) is 4.70. The predicted molar refractivity (Wildman–Crippen MR) is 84.7 cm³/mol. The molecule has 0 saturated heterocycles. The van der Waals surface area contributed by atoms with Gasteiger partial charge in [-0.15, -0.1) is 0 Å². The van der Waals surface area contributed by atoms with E-state index in [1.165, 1.54) is 4.90 Å². The van der Waals surface area contributed by atoms with E-state index in [9.17, 15) is 4.79 Å². The molecule has 1 amide bonds. The van der Waals surface area contributed by atoms with Gasteiger partial charge in [0.05, 0.1) is 5.69 Å². The lowest BCUT2D eigenvalue weighted by Gasteiger charge is -2.13. The molecule has 0 aliphatic rings. The topological polar surface area (TPSA) is 55.6 Å². The molecule has 4 nitrogen and oxygen atoms in total. The molecule has 0 aromatic heterocycles. The van der Waals surface area contributed by atoms with Gasteiger partial charge in [0.1, 0.15) is 12.4 Å². The quantitative estimate of drug-likeness (QED) is 0.883. The van der Waals surface area contributed by atoms with Crippen LogP contribution in [-0.4, -0.2) is 24.9 Å². The van der Waals surface area contributed by atoms with Gasteiger partial charge < -0.3 is 15.4 Å². The van der Waals surface area contributed by atoms with E-state index in [2.05, 4.69) is 0 Å². The number of nitrogens with zero attached hydrogens (tertiary/aromatic N) is 1. The Morgan fingerprint density at radius 3 is 2.67 bits per heavy atom. The van der Waals surface area contributed by atoms with Crippen molar-refractivity contribution in [3.63, 3.8) is 0 Å². The number of hydrogen-bond donors (Lipinski definition) is 1. The molecule has 5 heteroatoms. The van der Waals surface area contributed by atoms with Crippen LogP contribution in [0.4, 0.5) is 5.69 Å². The van der Waals surface area contributed by atoms with E-state index in [4.69, 9.17) is 22.1 Å². The van der Waals surface area contributed by atoms with Gasteiger partial charge in [-0.05, 0) is 35.9 Å². The lowest BCUT2D eigenvalue weighted by molar-refractivity contribution is 0.0827. The third kappa shape index (κ3) is 3.89. The first-order valence-electron chi connectivity index (χ1n) is 6.46. The monoisotopic (exact) mass is 304 g/mol. The highest BCUT2D eigenvalue weighted by molar-refractivity contribution is 6.30. The van der Waals surface area contributed by atoms with Gasteiger partial charge in [0.2, 0.25) is 0 Å².